The quantitative estimate of drug-likeness (QED) is 0.703. The summed E-state index contributed by atoms with van der Waals surface area (Å²) in [6, 6.07) is 0. The topological polar surface area (TPSA) is 12.4 Å². The van der Waals surface area contributed by atoms with E-state index in [1.54, 1.807) is 19.4 Å². The molecule has 0 aromatic carbocycles. The average molecular weight is 373 g/mol. The molecule has 0 unspecified atom stereocenters. The first kappa shape index (κ1) is 12.8. The van der Waals surface area contributed by atoms with Crippen LogP contribution in [0.1, 0.15) is 41.0 Å². The molecule has 0 saturated carbocycles. The fraction of sp³-hybridized carbons (Fsp3) is 0.538. The van der Waals surface area contributed by atoms with Crippen LogP contribution in [-0.4, -0.2) is 9.61 Å². The van der Waals surface area contributed by atoms with Gasteiger partial charge < -0.3 is 0 Å². The molecule has 0 fully saturated rings. The summed E-state index contributed by atoms with van der Waals surface area (Å²) in [5.41, 5.74) is 5.26. The molecule has 1 aliphatic rings. The van der Waals surface area contributed by atoms with E-state index in [2.05, 4.69) is 40.7 Å². The number of hydrogen-bond acceptors (Lipinski definition) is 1. The molecule has 15 heavy (non-hydrogen) atoms. The van der Waals surface area contributed by atoms with Crippen LogP contribution in [0, 0.1) is 5.92 Å². The molecular formula is C13H19NW. The third-order valence-electron chi connectivity index (χ3n) is 2.55. The summed E-state index contributed by atoms with van der Waals surface area (Å²) in [4.78, 5) is 4.73. The van der Waals surface area contributed by atoms with Gasteiger partial charge in [0.05, 0.1) is 0 Å². The molecule has 0 aliphatic heterocycles. The molecule has 0 saturated heterocycles. The minimum absolute atomic E-state index is 0.578. The van der Waals surface area contributed by atoms with E-state index in [-0.39, 0.29) is 0 Å². The Kier molecular flexibility index (Phi) is 4.40. The third kappa shape index (κ3) is 3.34. The van der Waals surface area contributed by atoms with Crippen LogP contribution in [0.3, 0.4) is 0 Å². The van der Waals surface area contributed by atoms with Gasteiger partial charge in [0.1, 0.15) is 0 Å². The van der Waals surface area contributed by atoms with Crippen LogP contribution < -0.4 is 0 Å². The Morgan fingerprint density at radius 2 is 2.00 bits per heavy atom. The molecule has 2 heteroatoms. The van der Waals surface area contributed by atoms with Crippen molar-refractivity contribution in [2.24, 2.45) is 10.9 Å². The van der Waals surface area contributed by atoms with Crippen molar-refractivity contribution in [1.29, 1.82) is 0 Å². The Balaban J connectivity index is 2.98. The van der Waals surface area contributed by atoms with Crippen LogP contribution in [0.25, 0.3) is 0 Å². The van der Waals surface area contributed by atoms with E-state index in [9.17, 15) is 0 Å². The number of aliphatic imine (C=N–C) groups is 1. The first-order valence-corrected chi connectivity index (χ1v) is 6.85. The minimum atomic E-state index is 0.578. The van der Waals surface area contributed by atoms with Crippen LogP contribution in [0.2, 0.25) is 0 Å². The number of allylic oxidation sites excluding steroid dienone is 4. The van der Waals surface area contributed by atoms with Crippen molar-refractivity contribution < 1.29 is 19.4 Å². The van der Waals surface area contributed by atoms with Gasteiger partial charge in [0.15, 0.2) is 0 Å². The van der Waals surface area contributed by atoms with Crippen LogP contribution in [0.5, 0.6) is 0 Å². The van der Waals surface area contributed by atoms with Gasteiger partial charge in [0.2, 0.25) is 0 Å². The predicted molar refractivity (Wildman–Crippen MR) is 64.0 cm³/mol. The van der Waals surface area contributed by atoms with E-state index in [1.165, 1.54) is 20.8 Å². The van der Waals surface area contributed by atoms with Crippen LogP contribution in [-0.2, 0) is 19.4 Å². The summed E-state index contributed by atoms with van der Waals surface area (Å²) in [5, 5.41) is 0. The first-order valence-electron chi connectivity index (χ1n) is 5.39. The molecule has 1 nitrogen and oxygen atoms in total. The molecule has 0 amide bonds. The van der Waals surface area contributed by atoms with Gasteiger partial charge in [-0.2, -0.15) is 0 Å². The summed E-state index contributed by atoms with van der Waals surface area (Å²) in [7, 11) is 0. The van der Waals surface area contributed by atoms with Crippen LogP contribution >= 0.6 is 0 Å². The van der Waals surface area contributed by atoms with Crippen molar-refractivity contribution >= 4 is 9.61 Å². The van der Waals surface area contributed by atoms with Gasteiger partial charge in [-0.25, -0.2) is 0 Å². The predicted octanol–water partition coefficient (Wildman–Crippen LogP) is 3.45. The van der Waals surface area contributed by atoms with Crippen LogP contribution in [0.4, 0.5) is 0 Å². The maximum absolute atomic E-state index is 4.73. The average Bonchev–Trinajstić information content (AvgIpc) is 2.31. The standard InChI is InChI=1S/C13H19N.W/c1-9(2)8-11(4)14-13-7-6-10(3)12(13)5;/h8-9H,6H2,1-5H3;. The van der Waals surface area contributed by atoms with Gasteiger partial charge in [0.25, 0.3) is 0 Å². The Bertz CT molecular complexity index is 370. The summed E-state index contributed by atoms with van der Waals surface area (Å²) in [6.45, 7) is 10.9. The molecular weight excluding hydrogens is 354 g/mol. The zero-order valence-corrected chi connectivity index (χ0v) is 13.2. The van der Waals surface area contributed by atoms with Crippen molar-refractivity contribution in [2.75, 3.05) is 0 Å². The molecule has 0 N–H and O–H groups in total. The van der Waals surface area contributed by atoms with Crippen molar-refractivity contribution in [3.63, 3.8) is 0 Å². The van der Waals surface area contributed by atoms with E-state index in [1.807, 2.05) is 0 Å². The van der Waals surface area contributed by atoms with E-state index in [0.29, 0.717) is 5.92 Å². The second-order valence-electron chi connectivity index (χ2n) is 4.52. The van der Waals surface area contributed by atoms with Gasteiger partial charge in [-0.15, -0.1) is 0 Å². The number of rotatable bonds is 2. The summed E-state index contributed by atoms with van der Waals surface area (Å²) >= 11 is 1.55. The Labute approximate surface area is 104 Å². The molecule has 0 radical (unpaired) electrons. The maximum atomic E-state index is 4.73. The third-order valence-corrected chi connectivity index (χ3v) is 3.76. The second kappa shape index (κ2) is 5.16. The molecule has 0 aromatic heterocycles. The fourth-order valence-corrected chi connectivity index (χ4v) is 3.20. The molecule has 0 spiro atoms. The van der Waals surface area contributed by atoms with E-state index < -0.39 is 0 Å². The van der Waals surface area contributed by atoms with E-state index >= 15 is 0 Å². The summed E-state index contributed by atoms with van der Waals surface area (Å²) in [6.07, 6.45) is 3.35. The SMILES string of the molecule is CC(=CC(C)C)N=C1[C](=[W])CC(C)=C1C. The van der Waals surface area contributed by atoms with Crippen molar-refractivity contribution in [3.05, 3.63) is 22.9 Å². The van der Waals surface area contributed by atoms with Crippen molar-refractivity contribution in [1.82, 2.24) is 0 Å². The van der Waals surface area contributed by atoms with E-state index in [0.717, 1.165) is 12.1 Å². The Morgan fingerprint density at radius 3 is 2.40 bits per heavy atom. The second-order valence-corrected chi connectivity index (χ2v) is 6.29. The van der Waals surface area contributed by atoms with Crippen LogP contribution in [0.15, 0.2) is 27.9 Å². The monoisotopic (exact) mass is 373 g/mol. The molecule has 1 rings (SSSR count). The van der Waals surface area contributed by atoms with Crippen molar-refractivity contribution in [2.45, 2.75) is 41.0 Å². The Morgan fingerprint density at radius 1 is 1.40 bits per heavy atom. The van der Waals surface area contributed by atoms with Gasteiger partial charge >= 0.3 is 104 Å². The zero-order valence-electron chi connectivity index (χ0n) is 10.2. The summed E-state index contributed by atoms with van der Waals surface area (Å²) in [5.74, 6) is 0.578. The first-order chi connectivity index (χ1) is 6.91. The number of nitrogens with zero attached hydrogens (tertiary/aromatic N) is 1. The van der Waals surface area contributed by atoms with Gasteiger partial charge in [-0.05, 0) is 0 Å². The molecule has 0 bridgehead atoms. The fourth-order valence-electron chi connectivity index (χ4n) is 1.71. The van der Waals surface area contributed by atoms with Gasteiger partial charge in [-0.3, -0.25) is 0 Å². The Hall–Kier alpha value is -0.292. The zero-order chi connectivity index (χ0) is 11.6. The molecule has 0 aromatic rings. The molecule has 82 valence electrons. The normalized spacial score (nSPS) is 21.1. The van der Waals surface area contributed by atoms with Crippen molar-refractivity contribution in [3.8, 4) is 0 Å². The summed E-state index contributed by atoms with van der Waals surface area (Å²) < 4.78 is 1.49. The number of hydrogen-bond donors (Lipinski definition) is 0. The molecule has 0 heterocycles. The molecule has 0 atom stereocenters. The molecule has 1 aliphatic carbocycles. The van der Waals surface area contributed by atoms with Gasteiger partial charge in [-0.1, -0.05) is 0 Å². The van der Waals surface area contributed by atoms with Gasteiger partial charge in [0, 0.05) is 0 Å². The van der Waals surface area contributed by atoms with E-state index in [4.69, 9.17) is 4.99 Å².